The molecule has 0 aliphatic carbocycles. The van der Waals surface area contributed by atoms with Gasteiger partial charge in [0, 0.05) is 35.5 Å². The van der Waals surface area contributed by atoms with Crippen LogP contribution in [-0.2, 0) is 16.9 Å². The summed E-state index contributed by atoms with van der Waals surface area (Å²) in [6.07, 6.45) is 3.71. The first-order valence-electron chi connectivity index (χ1n) is 9.58. The molecule has 1 N–H and O–H groups in total. The van der Waals surface area contributed by atoms with Crippen molar-refractivity contribution in [2.75, 3.05) is 14.2 Å². The second kappa shape index (κ2) is 8.38. The van der Waals surface area contributed by atoms with E-state index in [-0.39, 0.29) is 0 Å². The average molecular weight is 423 g/mol. The van der Waals surface area contributed by atoms with E-state index in [9.17, 15) is 0 Å². The van der Waals surface area contributed by atoms with Gasteiger partial charge in [-0.05, 0) is 54.4 Å². The average Bonchev–Trinajstić information content (AvgIpc) is 3.23. The number of H-pyrrole nitrogens is 1. The van der Waals surface area contributed by atoms with E-state index in [1.165, 1.54) is 0 Å². The molecule has 4 aromatic rings. The van der Waals surface area contributed by atoms with Gasteiger partial charge in [-0.3, -0.25) is 0 Å². The molecule has 2 aromatic heterocycles. The van der Waals surface area contributed by atoms with E-state index in [1.807, 2.05) is 67.7 Å². The number of benzene rings is 2. The van der Waals surface area contributed by atoms with E-state index in [1.54, 1.807) is 20.4 Å². The number of fused-ring (bicyclic) bond motifs is 1. The number of aromatic amines is 1. The number of methoxy groups -OCH3 is 2. The van der Waals surface area contributed by atoms with Crippen LogP contribution in [0.25, 0.3) is 11.0 Å². The molecule has 0 aliphatic heterocycles. The lowest BCUT2D eigenvalue weighted by Gasteiger charge is -2.29. The molecule has 0 fully saturated rings. The number of aromatic nitrogens is 2. The van der Waals surface area contributed by atoms with Gasteiger partial charge in [0.05, 0.1) is 7.11 Å². The fraction of sp³-hybridized carbons (Fsp3) is 0.208. The van der Waals surface area contributed by atoms with Crippen LogP contribution in [-0.4, -0.2) is 24.2 Å². The fourth-order valence-electron chi connectivity index (χ4n) is 3.56. The summed E-state index contributed by atoms with van der Waals surface area (Å²) in [5, 5.41) is 1.72. The third-order valence-electron chi connectivity index (χ3n) is 5.40. The molecular weight excluding hydrogens is 400 g/mol. The predicted molar refractivity (Wildman–Crippen MR) is 118 cm³/mol. The summed E-state index contributed by atoms with van der Waals surface area (Å²) in [7, 11) is 3.33. The lowest BCUT2D eigenvalue weighted by atomic mass is 9.87. The van der Waals surface area contributed by atoms with E-state index in [0.29, 0.717) is 23.1 Å². The molecule has 6 heteroatoms. The van der Waals surface area contributed by atoms with Crippen molar-refractivity contribution in [2.45, 2.75) is 19.1 Å². The van der Waals surface area contributed by atoms with Gasteiger partial charge in [0.25, 0.3) is 0 Å². The van der Waals surface area contributed by atoms with E-state index in [0.717, 1.165) is 27.7 Å². The standard InChI is InChI=1S/C24H23ClN2O3/c1-24(29-3,20-14-27-23-19(20)5-4-12-26-23)17-8-11-21(22(13-17)28-2)30-15-16-6-9-18(25)10-7-16/h4-14H,15H2,1-3H3,(H,26,27). The number of rotatable bonds is 7. The Morgan fingerprint density at radius 2 is 1.83 bits per heavy atom. The normalized spacial score (nSPS) is 13.2. The van der Waals surface area contributed by atoms with Gasteiger partial charge in [-0.2, -0.15) is 0 Å². The van der Waals surface area contributed by atoms with Gasteiger partial charge in [0.1, 0.15) is 17.9 Å². The van der Waals surface area contributed by atoms with Crippen LogP contribution in [0.15, 0.2) is 67.0 Å². The Labute approximate surface area is 180 Å². The van der Waals surface area contributed by atoms with Gasteiger partial charge >= 0.3 is 0 Å². The smallest absolute Gasteiger partial charge is 0.161 e. The Hall–Kier alpha value is -3.02. The molecule has 4 rings (SSSR count). The van der Waals surface area contributed by atoms with Crippen molar-refractivity contribution in [2.24, 2.45) is 0 Å². The topological polar surface area (TPSA) is 56.4 Å². The van der Waals surface area contributed by atoms with Crippen LogP contribution in [0.3, 0.4) is 0 Å². The molecule has 0 radical (unpaired) electrons. The van der Waals surface area contributed by atoms with E-state index in [2.05, 4.69) is 9.97 Å². The molecule has 0 amide bonds. The van der Waals surface area contributed by atoms with Crippen molar-refractivity contribution in [3.63, 3.8) is 0 Å². The molecule has 1 atom stereocenters. The highest BCUT2D eigenvalue weighted by atomic mass is 35.5. The van der Waals surface area contributed by atoms with Gasteiger partial charge in [-0.25, -0.2) is 4.98 Å². The lowest BCUT2D eigenvalue weighted by Crippen LogP contribution is -2.25. The molecule has 0 bridgehead atoms. The van der Waals surface area contributed by atoms with Crippen molar-refractivity contribution in [3.05, 3.63) is 88.7 Å². The highest BCUT2D eigenvalue weighted by molar-refractivity contribution is 6.30. The highest BCUT2D eigenvalue weighted by Gasteiger charge is 2.32. The summed E-state index contributed by atoms with van der Waals surface area (Å²) in [5.74, 6) is 1.30. The zero-order chi connectivity index (χ0) is 21.1. The second-order valence-corrected chi connectivity index (χ2v) is 7.56. The minimum atomic E-state index is -0.691. The first-order chi connectivity index (χ1) is 14.5. The number of ether oxygens (including phenoxy) is 3. The van der Waals surface area contributed by atoms with E-state index >= 15 is 0 Å². The molecule has 0 saturated carbocycles. The van der Waals surface area contributed by atoms with Crippen LogP contribution in [0, 0.1) is 0 Å². The lowest BCUT2D eigenvalue weighted by molar-refractivity contribution is 0.0401. The quantitative estimate of drug-likeness (QED) is 0.414. The van der Waals surface area contributed by atoms with Crippen LogP contribution in [0.5, 0.6) is 11.5 Å². The minimum Gasteiger partial charge on any atom is -0.493 e. The zero-order valence-corrected chi connectivity index (χ0v) is 17.9. The molecule has 154 valence electrons. The summed E-state index contributed by atoms with van der Waals surface area (Å²) in [6.45, 7) is 2.45. The Morgan fingerprint density at radius 1 is 1.03 bits per heavy atom. The Kier molecular flexibility index (Phi) is 5.66. The molecule has 5 nitrogen and oxygen atoms in total. The first kappa shape index (κ1) is 20.3. The number of nitrogens with one attached hydrogen (secondary N) is 1. The first-order valence-corrected chi connectivity index (χ1v) is 9.96. The molecule has 2 aromatic carbocycles. The highest BCUT2D eigenvalue weighted by Crippen LogP contribution is 2.40. The summed E-state index contributed by atoms with van der Waals surface area (Å²) in [6, 6.07) is 17.4. The SMILES string of the molecule is COc1cc(C(C)(OC)c2c[nH]c3ncccc23)ccc1OCc1ccc(Cl)cc1. The van der Waals surface area contributed by atoms with Crippen molar-refractivity contribution in [3.8, 4) is 11.5 Å². The number of nitrogens with zero attached hydrogens (tertiary/aromatic N) is 1. The fourth-order valence-corrected chi connectivity index (χ4v) is 3.69. The second-order valence-electron chi connectivity index (χ2n) is 7.12. The van der Waals surface area contributed by atoms with Gasteiger partial charge in [0.2, 0.25) is 0 Å². The Morgan fingerprint density at radius 3 is 2.57 bits per heavy atom. The number of halogens is 1. The van der Waals surface area contributed by atoms with Gasteiger partial charge in [0.15, 0.2) is 11.5 Å². The van der Waals surface area contributed by atoms with Gasteiger partial charge in [-0.1, -0.05) is 29.8 Å². The van der Waals surface area contributed by atoms with Crippen LogP contribution in [0.4, 0.5) is 0 Å². The molecule has 30 heavy (non-hydrogen) atoms. The summed E-state index contributed by atoms with van der Waals surface area (Å²) in [4.78, 5) is 7.61. The maximum Gasteiger partial charge on any atom is 0.161 e. The molecule has 0 spiro atoms. The van der Waals surface area contributed by atoms with Gasteiger partial charge < -0.3 is 19.2 Å². The molecular formula is C24H23ClN2O3. The van der Waals surface area contributed by atoms with Crippen LogP contribution >= 0.6 is 11.6 Å². The monoisotopic (exact) mass is 422 g/mol. The number of hydrogen-bond donors (Lipinski definition) is 1. The van der Waals surface area contributed by atoms with Gasteiger partial charge in [-0.15, -0.1) is 0 Å². The molecule has 0 saturated heterocycles. The third kappa shape index (κ3) is 3.74. The summed E-state index contributed by atoms with van der Waals surface area (Å²) < 4.78 is 17.6. The van der Waals surface area contributed by atoms with Crippen LogP contribution in [0.2, 0.25) is 5.02 Å². The predicted octanol–water partition coefficient (Wildman–Crippen LogP) is 5.71. The maximum atomic E-state index is 6.00. The molecule has 2 heterocycles. The van der Waals surface area contributed by atoms with Crippen LogP contribution < -0.4 is 9.47 Å². The largest absolute Gasteiger partial charge is 0.493 e. The summed E-state index contributed by atoms with van der Waals surface area (Å²) in [5.41, 5.74) is 3.11. The molecule has 1 unspecified atom stereocenters. The van der Waals surface area contributed by atoms with Crippen molar-refractivity contribution in [1.82, 2.24) is 9.97 Å². The van der Waals surface area contributed by atoms with Crippen molar-refractivity contribution in [1.29, 1.82) is 0 Å². The Bertz CT molecular complexity index is 1160. The number of hydrogen-bond acceptors (Lipinski definition) is 4. The third-order valence-corrected chi connectivity index (χ3v) is 5.65. The summed E-state index contributed by atoms with van der Waals surface area (Å²) >= 11 is 5.95. The van der Waals surface area contributed by atoms with Crippen molar-refractivity contribution >= 4 is 22.6 Å². The van der Waals surface area contributed by atoms with E-state index < -0.39 is 5.60 Å². The minimum absolute atomic E-state index is 0.419. The zero-order valence-electron chi connectivity index (χ0n) is 17.1. The van der Waals surface area contributed by atoms with Crippen LogP contribution in [0.1, 0.15) is 23.6 Å². The van der Waals surface area contributed by atoms with E-state index in [4.69, 9.17) is 25.8 Å². The number of pyridine rings is 1. The molecule has 0 aliphatic rings. The maximum absolute atomic E-state index is 6.00. The Balaban J connectivity index is 1.65. The van der Waals surface area contributed by atoms with Crippen molar-refractivity contribution < 1.29 is 14.2 Å².